The second kappa shape index (κ2) is 8.09. The molecule has 18 heavy (non-hydrogen) atoms. The molecular formula is C15H27N3. The van der Waals surface area contributed by atoms with Crippen molar-refractivity contribution in [3.63, 3.8) is 0 Å². The number of nitrogens with one attached hydrogen (secondary N) is 1. The van der Waals surface area contributed by atoms with E-state index in [0.717, 1.165) is 26.2 Å². The van der Waals surface area contributed by atoms with Crippen molar-refractivity contribution >= 4 is 5.69 Å². The molecule has 3 heteroatoms. The Balaban J connectivity index is 2.78. The van der Waals surface area contributed by atoms with Gasteiger partial charge in [-0.3, -0.25) is 4.98 Å². The summed E-state index contributed by atoms with van der Waals surface area (Å²) in [6.07, 6.45) is 5.05. The average molecular weight is 249 g/mol. The maximum atomic E-state index is 4.28. The van der Waals surface area contributed by atoms with Crippen LogP contribution in [-0.2, 0) is 6.54 Å². The first-order valence-electron chi connectivity index (χ1n) is 7.07. The number of hydrogen-bond donors (Lipinski definition) is 1. The highest BCUT2D eigenvalue weighted by molar-refractivity contribution is 5.51. The topological polar surface area (TPSA) is 28.2 Å². The molecule has 0 saturated heterocycles. The second-order valence-electron chi connectivity index (χ2n) is 5.11. The number of pyridine rings is 1. The SMILES string of the molecule is CCCNCc1ccncc1N(CC)CC(C)C. The summed E-state index contributed by atoms with van der Waals surface area (Å²) in [6, 6.07) is 2.13. The lowest BCUT2D eigenvalue weighted by molar-refractivity contribution is 0.612. The zero-order valence-corrected chi connectivity index (χ0v) is 12.2. The Bertz CT molecular complexity index is 336. The van der Waals surface area contributed by atoms with Gasteiger partial charge in [0.2, 0.25) is 0 Å². The summed E-state index contributed by atoms with van der Waals surface area (Å²) < 4.78 is 0. The van der Waals surface area contributed by atoms with Crippen LogP contribution in [0.5, 0.6) is 0 Å². The zero-order valence-electron chi connectivity index (χ0n) is 12.2. The highest BCUT2D eigenvalue weighted by atomic mass is 15.1. The van der Waals surface area contributed by atoms with Crippen molar-refractivity contribution in [2.75, 3.05) is 24.5 Å². The van der Waals surface area contributed by atoms with Gasteiger partial charge in [-0.05, 0) is 37.4 Å². The average Bonchev–Trinajstić information content (AvgIpc) is 2.37. The first-order valence-corrected chi connectivity index (χ1v) is 7.07. The number of hydrogen-bond acceptors (Lipinski definition) is 3. The van der Waals surface area contributed by atoms with Crippen LogP contribution in [0.2, 0.25) is 0 Å². The van der Waals surface area contributed by atoms with Gasteiger partial charge in [0.15, 0.2) is 0 Å². The number of nitrogens with zero attached hydrogens (tertiary/aromatic N) is 2. The molecule has 0 atom stereocenters. The Morgan fingerprint density at radius 2 is 2.11 bits per heavy atom. The molecule has 1 rings (SSSR count). The molecule has 0 aliphatic carbocycles. The van der Waals surface area contributed by atoms with Crippen LogP contribution in [0.25, 0.3) is 0 Å². The van der Waals surface area contributed by atoms with Crippen molar-refractivity contribution in [2.24, 2.45) is 5.92 Å². The fraction of sp³-hybridized carbons (Fsp3) is 0.667. The minimum absolute atomic E-state index is 0.668. The molecular weight excluding hydrogens is 222 g/mol. The van der Waals surface area contributed by atoms with E-state index >= 15 is 0 Å². The molecule has 0 bridgehead atoms. The lowest BCUT2D eigenvalue weighted by atomic mass is 10.1. The third-order valence-corrected chi connectivity index (χ3v) is 2.94. The van der Waals surface area contributed by atoms with E-state index in [0.29, 0.717) is 5.92 Å². The van der Waals surface area contributed by atoms with E-state index < -0.39 is 0 Å². The van der Waals surface area contributed by atoms with Crippen molar-refractivity contribution in [3.05, 3.63) is 24.0 Å². The van der Waals surface area contributed by atoms with E-state index in [-0.39, 0.29) is 0 Å². The third-order valence-electron chi connectivity index (χ3n) is 2.94. The van der Waals surface area contributed by atoms with Gasteiger partial charge in [0.1, 0.15) is 0 Å². The van der Waals surface area contributed by atoms with Gasteiger partial charge in [0.05, 0.1) is 11.9 Å². The second-order valence-corrected chi connectivity index (χ2v) is 5.11. The molecule has 0 unspecified atom stereocenters. The van der Waals surface area contributed by atoms with Crippen LogP contribution in [0.1, 0.15) is 39.7 Å². The van der Waals surface area contributed by atoms with Crippen molar-refractivity contribution in [3.8, 4) is 0 Å². The van der Waals surface area contributed by atoms with Gasteiger partial charge in [-0.15, -0.1) is 0 Å². The lowest BCUT2D eigenvalue weighted by Gasteiger charge is -2.27. The molecule has 0 saturated carbocycles. The molecule has 1 aromatic rings. The third kappa shape index (κ3) is 4.65. The number of aromatic nitrogens is 1. The molecule has 0 amide bonds. The van der Waals surface area contributed by atoms with Gasteiger partial charge in [-0.2, -0.15) is 0 Å². The zero-order chi connectivity index (χ0) is 13.4. The summed E-state index contributed by atoms with van der Waals surface area (Å²) in [4.78, 5) is 6.70. The molecule has 1 N–H and O–H groups in total. The van der Waals surface area contributed by atoms with E-state index in [2.05, 4.69) is 49.0 Å². The van der Waals surface area contributed by atoms with Crippen LogP contribution in [-0.4, -0.2) is 24.6 Å². The molecule has 1 aromatic heterocycles. The van der Waals surface area contributed by atoms with Crippen molar-refractivity contribution in [1.82, 2.24) is 10.3 Å². The maximum Gasteiger partial charge on any atom is 0.0598 e. The lowest BCUT2D eigenvalue weighted by Crippen LogP contribution is -2.29. The van der Waals surface area contributed by atoms with Crippen molar-refractivity contribution < 1.29 is 0 Å². The van der Waals surface area contributed by atoms with Gasteiger partial charge >= 0.3 is 0 Å². The molecule has 0 radical (unpaired) electrons. The standard InChI is InChI=1S/C15H27N3/c1-5-8-16-10-14-7-9-17-11-15(14)18(6-2)12-13(3)4/h7,9,11,13,16H,5-6,8,10,12H2,1-4H3. The van der Waals surface area contributed by atoms with E-state index in [1.807, 2.05) is 12.4 Å². The largest absolute Gasteiger partial charge is 0.370 e. The van der Waals surface area contributed by atoms with E-state index in [1.165, 1.54) is 17.7 Å². The Morgan fingerprint density at radius 3 is 2.72 bits per heavy atom. The van der Waals surface area contributed by atoms with E-state index in [4.69, 9.17) is 0 Å². The first-order chi connectivity index (χ1) is 8.69. The summed E-state index contributed by atoms with van der Waals surface area (Å²) in [5.41, 5.74) is 2.62. The Labute approximate surface area is 112 Å². The van der Waals surface area contributed by atoms with Crippen LogP contribution >= 0.6 is 0 Å². The van der Waals surface area contributed by atoms with Gasteiger partial charge in [-0.1, -0.05) is 20.8 Å². The minimum atomic E-state index is 0.668. The molecule has 1 heterocycles. The van der Waals surface area contributed by atoms with E-state index in [9.17, 15) is 0 Å². The van der Waals surface area contributed by atoms with Crippen LogP contribution < -0.4 is 10.2 Å². The normalized spacial score (nSPS) is 10.9. The predicted molar refractivity (Wildman–Crippen MR) is 79.0 cm³/mol. The van der Waals surface area contributed by atoms with Crippen LogP contribution in [0.4, 0.5) is 5.69 Å². The van der Waals surface area contributed by atoms with Crippen LogP contribution in [0.15, 0.2) is 18.5 Å². The monoisotopic (exact) mass is 249 g/mol. The van der Waals surface area contributed by atoms with Gasteiger partial charge in [0.25, 0.3) is 0 Å². The summed E-state index contributed by atoms with van der Waals surface area (Å²) in [7, 11) is 0. The fourth-order valence-corrected chi connectivity index (χ4v) is 2.09. The summed E-state index contributed by atoms with van der Waals surface area (Å²) >= 11 is 0. The maximum absolute atomic E-state index is 4.28. The molecule has 0 aliphatic heterocycles. The smallest absolute Gasteiger partial charge is 0.0598 e. The van der Waals surface area contributed by atoms with E-state index in [1.54, 1.807) is 0 Å². The predicted octanol–water partition coefficient (Wildman–Crippen LogP) is 3.06. The van der Waals surface area contributed by atoms with Crippen LogP contribution in [0, 0.1) is 5.92 Å². The Morgan fingerprint density at radius 1 is 1.33 bits per heavy atom. The minimum Gasteiger partial charge on any atom is -0.370 e. The summed E-state index contributed by atoms with van der Waals surface area (Å²) in [5, 5.41) is 3.47. The van der Waals surface area contributed by atoms with Gasteiger partial charge < -0.3 is 10.2 Å². The van der Waals surface area contributed by atoms with Crippen molar-refractivity contribution in [2.45, 2.75) is 40.7 Å². The highest BCUT2D eigenvalue weighted by Gasteiger charge is 2.10. The highest BCUT2D eigenvalue weighted by Crippen LogP contribution is 2.20. The van der Waals surface area contributed by atoms with Crippen molar-refractivity contribution in [1.29, 1.82) is 0 Å². The Hall–Kier alpha value is -1.09. The fourth-order valence-electron chi connectivity index (χ4n) is 2.09. The van der Waals surface area contributed by atoms with Gasteiger partial charge in [0, 0.05) is 25.8 Å². The Kier molecular flexibility index (Phi) is 6.73. The quantitative estimate of drug-likeness (QED) is 0.718. The number of anilines is 1. The number of rotatable bonds is 8. The molecule has 0 spiro atoms. The van der Waals surface area contributed by atoms with Gasteiger partial charge in [-0.25, -0.2) is 0 Å². The van der Waals surface area contributed by atoms with Crippen LogP contribution in [0.3, 0.4) is 0 Å². The first kappa shape index (κ1) is 15.0. The molecule has 3 nitrogen and oxygen atoms in total. The molecule has 0 aliphatic rings. The summed E-state index contributed by atoms with van der Waals surface area (Å²) in [6.45, 7) is 13.0. The molecule has 102 valence electrons. The summed E-state index contributed by atoms with van der Waals surface area (Å²) in [5.74, 6) is 0.668. The molecule has 0 aromatic carbocycles. The molecule has 0 fully saturated rings.